The van der Waals surface area contributed by atoms with Crippen LogP contribution in [0.3, 0.4) is 0 Å². The van der Waals surface area contributed by atoms with Gasteiger partial charge in [-0.1, -0.05) is 23.7 Å². The lowest BCUT2D eigenvalue weighted by Crippen LogP contribution is -2.29. The van der Waals surface area contributed by atoms with E-state index in [1.807, 2.05) is 6.92 Å². The Labute approximate surface area is 155 Å². The minimum absolute atomic E-state index is 0.196. The summed E-state index contributed by atoms with van der Waals surface area (Å²) in [4.78, 5) is 38.0. The lowest BCUT2D eigenvalue weighted by atomic mass is 10.1. The van der Waals surface area contributed by atoms with Crippen molar-refractivity contribution in [2.75, 3.05) is 23.4 Å². The van der Waals surface area contributed by atoms with Crippen molar-refractivity contribution >= 4 is 40.7 Å². The van der Waals surface area contributed by atoms with Gasteiger partial charge < -0.3 is 10.1 Å². The van der Waals surface area contributed by atoms with Crippen LogP contribution < -0.4 is 10.2 Å². The highest BCUT2D eigenvalue weighted by molar-refractivity contribution is 6.40. The van der Waals surface area contributed by atoms with Crippen molar-refractivity contribution in [1.29, 1.82) is 0 Å². The number of carbonyl (C=O) groups excluding carboxylic acids is 3. The molecule has 134 valence electrons. The number of amides is 3. The Balaban J connectivity index is 1.78. The van der Waals surface area contributed by atoms with E-state index < -0.39 is 11.8 Å². The van der Waals surface area contributed by atoms with Gasteiger partial charge in [0.1, 0.15) is 0 Å². The maximum Gasteiger partial charge on any atom is 0.266 e. The number of benzene rings is 2. The zero-order valence-corrected chi connectivity index (χ0v) is 14.9. The second kappa shape index (κ2) is 7.68. The predicted octanol–water partition coefficient (Wildman–Crippen LogP) is 3.51. The molecule has 2 aromatic rings. The van der Waals surface area contributed by atoms with Crippen LogP contribution in [-0.4, -0.2) is 30.9 Å². The number of nitrogens with zero attached hydrogens (tertiary/aromatic N) is 1. The van der Waals surface area contributed by atoms with Gasteiger partial charge in [0.25, 0.3) is 11.8 Å². The summed E-state index contributed by atoms with van der Waals surface area (Å²) >= 11 is 6.27. The molecule has 1 aliphatic heterocycles. The smallest absolute Gasteiger partial charge is 0.266 e. The van der Waals surface area contributed by atoms with Crippen LogP contribution in [0.15, 0.2) is 42.5 Å². The summed E-state index contributed by atoms with van der Waals surface area (Å²) < 4.78 is 5.14. The highest BCUT2D eigenvalue weighted by Crippen LogP contribution is 2.34. The molecule has 1 aliphatic rings. The van der Waals surface area contributed by atoms with Crippen molar-refractivity contribution in [2.45, 2.75) is 13.3 Å². The molecule has 2 aromatic carbocycles. The van der Waals surface area contributed by atoms with Crippen LogP contribution in [0.25, 0.3) is 0 Å². The summed E-state index contributed by atoms with van der Waals surface area (Å²) in [5.74, 6) is -1.04. The van der Waals surface area contributed by atoms with Crippen molar-refractivity contribution in [3.8, 4) is 0 Å². The predicted molar refractivity (Wildman–Crippen MR) is 98.8 cm³/mol. The largest absolute Gasteiger partial charge is 0.381 e. The van der Waals surface area contributed by atoms with Gasteiger partial charge in [0.2, 0.25) is 5.91 Å². The third kappa shape index (κ3) is 3.47. The monoisotopic (exact) mass is 372 g/mol. The molecule has 26 heavy (non-hydrogen) atoms. The van der Waals surface area contributed by atoms with E-state index in [0.29, 0.717) is 30.0 Å². The van der Waals surface area contributed by atoms with Crippen LogP contribution in [0.1, 0.15) is 34.1 Å². The van der Waals surface area contributed by atoms with Gasteiger partial charge in [-0.2, -0.15) is 0 Å². The first kappa shape index (κ1) is 18.1. The van der Waals surface area contributed by atoms with E-state index in [-0.39, 0.29) is 23.0 Å². The van der Waals surface area contributed by atoms with Crippen molar-refractivity contribution in [3.63, 3.8) is 0 Å². The molecule has 0 saturated heterocycles. The molecule has 6 nitrogen and oxygen atoms in total. The summed E-state index contributed by atoms with van der Waals surface area (Å²) in [5, 5.41) is 2.90. The zero-order chi connectivity index (χ0) is 18.7. The van der Waals surface area contributed by atoms with Gasteiger partial charge >= 0.3 is 0 Å². The molecule has 0 unspecified atom stereocenters. The van der Waals surface area contributed by atoms with Crippen LogP contribution >= 0.6 is 11.6 Å². The first-order valence-electron chi connectivity index (χ1n) is 8.18. The van der Waals surface area contributed by atoms with Crippen molar-refractivity contribution in [1.82, 2.24) is 0 Å². The van der Waals surface area contributed by atoms with Gasteiger partial charge in [0, 0.05) is 12.3 Å². The highest BCUT2D eigenvalue weighted by Gasteiger charge is 2.37. The maximum absolute atomic E-state index is 12.5. The molecular weight excluding hydrogens is 356 g/mol. The van der Waals surface area contributed by atoms with E-state index >= 15 is 0 Å². The quantitative estimate of drug-likeness (QED) is 0.622. The van der Waals surface area contributed by atoms with Crippen LogP contribution in [0.2, 0.25) is 5.02 Å². The molecule has 0 saturated carbocycles. The number of carbonyl (C=O) groups is 3. The number of hydrogen-bond acceptors (Lipinski definition) is 4. The molecule has 1 N–H and O–H groups in total. The van der Waals surface area contributed by atoms with Crippen LogP contribution in [0.5, 0.6) is 0 Å². The molecule has 1 heterocycles. The van der Waals surface area contributed by atoms with Gasteiger partial charge in [-0.3, -0.25) is 14.4 Å². The lowest BCUT2D eigenvalue weighted by Gasteiger charge is -2.16. The minimum Gasteiger partial charge on any atom is -0.381 e. The number of nitrogens with one attached hydrogen (secondary N) is 1. The fourth-order valence-electron chi connectivity index (χ4n) is 2.71. The van der Waals surface area contributed by atoms with Crippen molar-refractivity contribution in [3.05, 3.63) is 58.6 Å². The first-order valence-corrected chi connectivity index (χ1v) is 8.55. The van der Waals surface area contributed by atoms with E-state index in [9.17, 15) is 14.4 Å². The third-order valence-corrected chi connectivity index (χ3v) is 4.25. The fraction of sp³-hybridized carbons (Fsp3) is 0.211. The number of fused-ring (bicyclic) bond motifs is 1. The molecular formula is C19H17ClN2O4. The van der Waals surface area contributed by atoms with Crippen LogP contribution in [0.4, 0.5) is 11.4 Å². The summed E-state index contributed by atoms with van der Waals surface area (Å²) in [6.45, 7) is 2.74. The summed E-state index contributed by atoms with van der Waals surface area (Å²) in [6, 6.07) is 11.3. The van der Waals surface area contributed by atoms with E-state index in [1.165, 1.54) is 6.07 Å². The van der Waals surface area contributed by atoms with Crippen molar-refractivity contribution in [2.24, 2.45) is 0 Å². The molecule has 0 spiro atoms. The van der Waals surface area contributed by atoms with Gasteiger partial charge in [-0.15, -0.1) is 0 Å². The first-order chi connectivity index (χ1) is 12.5. The number of anilines is 2. The number of hydrogen-bond donors (Lipinski definition) is 1. The molecule has 3 amide bonds. The molecule has 0 aromatic heterocycles. The van der Waals surface area contributed by atoms with E-state index in [0.717, 1.165) is 4.90 Å². The second-order valence-electron chi connectivity index (χ2n) is 5.65. The molecule has 7 heteroatoms. The topological polar surface area (TPSA) is 75.7 Å². The number of ether oxygens (including phenoxy) is 1. The molecule has 0 bridgehead atoms. The summed E-state index contributed by atoms with van der Waals surface area (Å²) in [7, 11) is 0. The fourth-order valence-corrected chi connectivity index (χ4v) is 2.97. The lowest BCUT2D eigenvalue weighted by molar-refractivity contribution is -0.117. The molecule has 0 aliphatic carbocycles. The Morgan fingerprint density at radius 2 is 1.77 bits per heavy atom. The van der Waals surface area contributed by atoms with E-state index in [4.69, 9.17) is 16.3 Å². The Morgan fingerprint density at radius 3 is 2.35 bits per heavy atom. The second-order valence-corrected chi connectivity index (χ2v) is 6.06. The third-order valence-electron chi connectivity index (χ3n) is 3.94. The highest BCUT2D eigenvalue weighted by atomic mass is 35.5. The Hall–Kier alpha value is -2.70. The Bertz CT molecular complexity index is 847. The minimum atomic E-state index is -0.416. The van der Waals surface area contributed by atoms with Crippen molar-refractivity contribution < 1.29 is 19.1 Å². The molecule has 0 atom stereocenters. The van der Waals surface area contributed by atoms with Crippen LogP contribution in [0, 0.1) is 0 Å². The Morgan fingerprint density at radius 1 is 1.12 bits per heavy atom. The average Bonchev–Trinajstić information content (AvgIpc) is 2.87. The summed E-state index contributed by atoms with van der Waals surface area (Å²) in [5.41, 5.74) is 1.46. The maximum atomic E-state index is 12.5. The SMILES string of the molecule is CCOCCC(=O)Nc1ccc(N2C(=O)c3ccccc3C2=O)c(Cl)c1. The molecule has 3 rings (SSSR count). The number of halogens is 1. The van der Waals surface area contributed by atoms with Crippen LogP contribution in [-0.2, 0) is 9.53 Å². The van der Waals surface area contributed by atoms with E-state index in [1.54, 1.807) is 36.4 Å². The molecule has 0 radical (unpaired) electrons. The van der Waals surface area contributed by atoms with Gasteiger partial charge in [-0.25, -0.2) is 4.90 Å². The number of imide groups is 1. The van der Waals surface area contributed by atoms with Gasteiger partial charge in [0.05, 0.1) is 34.9 Å². The molecule has 0 fully saturated rings. The van der Waals surface area contributed by atoms with E-state index in [2.05, 4.69) is 5.32 Å². The zero-order valence-electron chi connectivity index (χ0n) is 14.1. The number of rotatable bonds is 6. The normalized spacial score (nSPS) is 13.1. The average molecular weight is 373 g/mol. The van der Waals surface area contributed by atoms with Gasteiger partial charge in [0.15, 0.2) is 0 Å². The Kier molecular flexibility index (Phi) is 5.35. The standard InChI is InChI=1S/C19H17ClN2O4/c1-2-26-10-9-17(23)21-12-7-8-16(15(20)11-12)22-18(24)13-5-3-4-6-14(13)19(22)25/h3-8,11H,2,9-10H2,1H3,(H,21,23). The van der Waals surface area contributed by atoms with Gasteiger partial charge in [-0.05, 0) is 37.3 Å². The summed E-state index contributed by atoms with van der Waals surface area (Å²) in [6.07, 6.45) is 0.228.